The van der Waals surface area contributed by atoms with Gasteiger partial charge in [-0.3, -0.25) is 25.2 Å². The molecule has 1 saturated heterocycles. The largest absolute Gasteiger partial charge is 0.339 e. The second-order valence-corrected chi connectivity index (χ2v) is 7.02. The Balaban J connectivity index is 1.51. The smallest absolute Gasteiger partial charge is 0.271 e. The van der Waals surface area contributed by atoms with E-state index in [1.54, 1.807) is 18.2 Å². The van der Waals surface area contributed by atoms with Crippen molar-refractivity contribution < 1.29 is 23.2 Å². The summed E-state index contributed by atoms with van der Waals surface area (Å²) >= 11 is 5.94. The van der Waals surface area contributed by atoms with Crippen molar-refractivity contribution >= 4 is 29.3 Å². The lowest BCUT2D eigenvalue weighted by Crippen LogP contribution is -2.48. The molecule has 0 aromatic heterocycles. The van der Waals surface area contributed by atoms with Crippen LogP contribution in [0.5, 0.6) is 0 Å². The standard InChI is InChI=1S/C20H18ClF2N3O3/c21-16-4-2-1-3-14(16)19(28)25-24-18(27)12-7-9-26(10-8-12)20(29)15-6-5-13(22)11-17(15)23/h1-6,11-12H,7-10H2,(H,24,27)(H,25,28). The highest BCUT2D eigenvalue weighted by molar-refractivity contribution is 6.33. The Hall–Kier alpha value is -3.00. The van der Waals surface area contributed by atoms with Crippen LogP contribution in [0, 0.1) is 17.6 Å². The van der Waals surface area contributed by atoms with E-state index in [1.165, 1.54) is 11.0 Å². The van der Waals surface area contributed by atoms with Gasteiger partial charge in [0.2, 0.25) is 5.91 Å². The Morgan fingerprint density at radius 2 is 1.66 bits per heavy atom. The number of hydrogen-bond donors (Lipinski definition) is 2. The third kappa shape index (κ3) is 4.89. The molecule has 1 aliphatic rings. The second-order valence-electron chi connectivity index (χ2n) is 6.61. The highest BCUT2D eigenvalue weighted by Gasteiger charge is 2.29. The second kappa shape index (κ2) is 9.00. The van der Waals surface area contributed by atoms with Gasteiger partial charge in [-0.05, 0) is 37.1 Å². The molecule has 0 spiro atoms. The summed E-state index contributed by atoms with van der Waals surface area (Å²) in [6.45, 7) is 0.485. The molecule has 3 rings (SSSR count). The predicted molar refractivity (Wildman–Crippen MR) is 102 cm³/mol. The minimum absolute atomic E-state index is 0.207. The molecule has 0 bridgehead atoms. The maximum absolute atomic E-state index is 13.8. The molecule has 2 aromatic rings. The predicted octanol–water partition coefficient (Wildman–Crippen LogP) is 2.93. The van der Waals surface area contributed by atoms with E-state index in [4.69, 9.17) is 11.6 Å². The number of nitrogens with zero attached hydrogens (tertiary/aromatic N) is 1. The zero-order valence-electron chi connectivity index (χ0n) is 15.3. The fraction of sp³-hybridized carbons (Fsp3) is 0.250. The van der Waals surface area contributed by atoms with E-state index in [0.717, 1.165) is 12.1 Å². The van der Waals surface area contributed by atoms with Crippen molar-refractivity contribution in [2.75, 3.05) is 13.1 Å². The van der Waals surface area contributed by atoms with Gasteiger partial charge in [0.1, 0.15) is 11.6 Å². The lowest BCUT2D eigenvalue weighted by molar-refractivity contribution is -0.127. The minimum Gasteiger partial charge on any atom is -0.339 e. The molecule has 1 aliphatic heterocycles. The summed E-state index contributed by atoms with van der Waals surface area (Å²) in [4.78, 5) is 38.2. The van der Waals surface area contributed by atoms with Crippen LogP contribution in [0.1, 0.15) is 33.6 Å². The van der Waals surface area contributed by atoms with Crippen molar-refractivity contribution in [2.24, 2.45) is 5.92 Å². The highest BCUT2D eigenvalue weighted by Crippen LogP contribution is 2.21. The molecular formula is C20H18ClF2N3O3. The van der Waals surface area contributed by atoms with Crippen LogP contribution in [0.2, 0.25) is 5.02 Å². The molecule has 0 atom stereocenters. The Morgan fingerprint density at radius 3 is 2.31 bits per heavy atom. The van der Waals surface area contributed by atoms with Gasteiger partial charge >= 0.3 is 0 Å². The number of carbonyl (C=O) groups excluding carboxylic acids is 3. The van der Waals surface area contributed by atoms with E-state index >= 15 is 0 Å². The third-order valence-electron chi connectivity index (χ3n) is 4.73. The third-order valence-corrected chi connectivity index (χ3v) is 5.06. The van der Waals surface area contributed by atoms with Crippen molar-refractivity contribution in [2.45, 2.75) is 12.8 Å². The normalized spacial score (nSPS) is 14.4. The molecule has 9 heteroatoms. The van der Waals surface area contributed by atoms with Gasteiger partial charge in [0.05, 0.1) is 16.1 Å². The van der Waals surface area contributed by atoms with E-state index in [-0.39, 0.29) is 35.1 Å². The van der Waals surface area contributed by atoms with Gasteiger partial charge < -0.3 is 4.90 Å². The monoisotopic (exact) mass is 421 g/mol. The maximum Gasteiger partial charge on any atom is 0.271 e. The molecule has 1 fully saturated rings. The number of hydrazine groups is 1. The number of carbonyl (C=O) groups is 3. The lowest BCUT2D eigenvalue weighted by atomic mass is 9.95. The van der Waals surface area contributed by atoms with Gasteiger partial charge in [0.25, 0.3) is 11.8 Å². The van der Waals surface area contributed by atoms with Crippen LogP contribution in [0.15, 0.2) is 42.5 Å². The fourth-order valence-corrected chi connectivity index (χ4v) is 3.33. The SMILES string of the molecule is O=C(NNC(=O)C1CCN(C(=O)c2ccc(F)cc2F)CC1)c1ccccc1Cl. The van der Waals surface area contributed by atoms with Crippen molar-refractivity contribution in [3.63, 3.8) is 0 Å². The molecule has 0 unspecified atom stereocenters. The average Bonchev–Trinajstić information content (AvgIpc) is 2.72. The van der Waals surface area contributed by atoms with Gasteiger partial charge in [-0.1, -0.05) is 23.7 Å². The van der Waals surface area contributed by atoms with E-state index in [1.807, 2.05) is 0 Å². The topological polar surface area (TPSA) is 78.5 Å². The number of benzene rings is 2. The van der Waals surface area contributed by atoms with E-state index in [0.29, 0.717) is 18.9 Å². The van der Waals surface area contributed by atoms with Crippen molar-refractivity contribution in [1.29, 1.82) is 0 Å². The molecule has 0 saturated carbocycles. The number of rotatable bonds is 3. The van der Waals surface area contributed by atoms with Gasteiger partial charge in [-0.2, -0.15) is 0 Å². The maximum atomic E-state index is 13.8. The van der Waals surface area contributed by atoms with Crippen LogP contribution in [0.25, 0.3) is 0 Å². The first kappa shape index (κ1) is 20.7. The highest BCUT2D eigenvalue weighted by atomic mass is 35.5. The Bertz CT molecular complexity index is 946. The number of halogens is 3. The Kier molecular flexibility index (Phi) is 6.43. The molecule has 0 aliphatic carbocycles. The zero-order chi connectivity index (χ0) is 21.0. The quantitative estimate of drug-likeness (QED) is 0.748. The number of hydrogen-bond acceptors (Lipinski definition) is 3. The number of nitrogens with one attached hydrogen (secondary N) is 2. The van der Waals surface area contributed by atoms with Gasteiger partial charge in [-0.25, -0.2) is 8.78 Å². The summed E-state index contributed by atoms with van der Waals surface area (Å²) in [6.07, 6.45) is 0.699. The summed E-state index contributed by atoms with van der Waals surface area (Å²) < 4.78 is 26.8. The Morgan fingerprint density at radius 1 is 0.966 bits per heavy atom. The van der Waals surface area contributed by atoms with Crippen LogP contribution in [-0.4, -0.2) is 35.7 Å². The fourth-order valence-electron chi connectivity index (χ4n) is 3.11. The number of likely N-dealkylation sites (tertiary alicyclic amines) is 1. The van der Waals surface area contributed by atoms with Crippen LogP contribution >= 0.6 is 11.6 Å². The molecule has 3 amide bonds. The van der Waals surface area contributed by atoms with Gasteiger partial charge in [-0.15, -0.1) is 0 Å². The van der Waals surface area contributed by atoms with Gasteiger partial charge in [0.15, 0.2) is 0 Å². The first-order chi connectivity index (χ1) is 13.9. The van der Waals surface area contributed by atoms with Crippen molar-refractivity contribution in [3.8, 4) is 0 Å². The molecule has 1 heterocycles. The summed E-state index contributed by atoms with van der Waals surface area (Å²) in [5.74, 6) is -3.56. The minimum atomic E-state index is -0.919. The Labute approximate surface area is 170 Å². The molecule has 29 heavy (non-hydrogen) atoms. The lowest BCUT2D eigenvalue weighted by Gasteiger charge is -2.31. The summed E-state index contributed by atoms with van der Waals surface area (Å²) in [5.41, 5.74) is 4.71. The first-order valence-corrected chi connectivity index (χ1v) is 9.33. The van der Waals surface area contributed by atoms with E-state index in [9.17, 15) is 23.2 Å². The number of amides is 3. The van der Waals surface area contributed by atoms with Crippen LogP contribution < -0.4 is 10.9 Å². The molecule has 2 aromatic carbocycles. The number of piperidine rings is 1. The molecule has 0 radical (unpaired) electrons. The molecular weight excluding hydrogens is 404 g/mol. The van der Waals surface area contributed by atoms with E-state index < -0.39 is 29.4 Å². The van der Waals surface area contributed by atoms with Gasteiger partial charge in [0, 0.05) is 25.1 Å². The molecule has 2 N–H and O–H groups in total. The molecule has 6 nitrogen and oxygen atoms in total. The van der Waals surface area contributed by atoms with Crippen LogP contribution in [-0.2, 0) is 4.79 Å². The van der Waals surface area contributed by atoms with Crippen molar-refractivity contribution in [3.05, 3.63) is 70.2 Å². The summed E-state index contributed by atoms with van der Waals surface area (Å²) in [7, 11) is 0. The first-order valence-electron chi connectivity index (χ1n) is 8.96. The van der Waals surface area contributed by atoms with Crippen molar-refractivity contribution in [1.82, 2.24) is 15.8 Å². The average molecular weight is 422 g/mol. The summed E-state index contributed by atoms with van der Waals surface area (Å²) in [5, 5.41) is 0.263. The van der Waals surface area contributed by atoms with Crippen LogP contribution in [0.4, 0.5) is 8.78 Å². The van der Waals surface area contributed by atoms with Crippen LogP contribution in [0.3, 0.4) is 0 Å². The molecule has 152 valence electrons. The van der Waals surface area contributed by atoms with E-state index in [2.05, 4.69) is 10.9 Å². The zero-order valence-corrected chi connectivity index (χ0v) is 16.0. The summed E-state index contributed by atoms with van der Waals surface area (Å²) in [6, 6.07) is 9.23.